The SMILES string of the molecule is C#CCOC(=O)[C@@H](NC(=O)N[C@H](C(=O)N1C[C@H]2[C@@H]([C@H]1C(=O)NC(C(=O)C(N)=O)C1CC1)C2(C)C)C(C)(C)C)C(C)C. The molecular formula is C29H43N5O7. The molecule has 41 heavy (non-hydrogen) atoms. The van der Waals surface area contributed by atoms with E-state index in [-0.39, 0.29) is 35.7 Å². The lowest BCUT2D eigenvalue weighted by molar-refractivity contribution is -0.145. The van der Waals surface area contributed by atoms with E-state index in [1.807, 2.05) is 13.8 Å². The molecule has 0 aromatic carbocycles. The van der Waals surface area contributed by atoms with Crippen molar-refractivity contribution in [3.05, 3.63) is 0 Å². The minimum Gasteiger partial charge on any atom is -0.451 e. The van der Waals surface area contributed by atoms with Crippen LogP contribution in [0.5, 0.6) is 0 Å². The maximum absolute atomic E-state index is 14.0. The van der Waals surface area contributed by atoms with E-state index >= 15 is 0 Å². The first kappa shape index (κ1) is 31.9. The maximum atomic E-state index is 14.0. The van der Waals surface area contributed by atoms with Gasteiger partial charge in [-0.1, -0.05) is 54.4 Å². The molecule has 0 bridgehead atoms. The molecule has 0 radical (unpaired) electrons. The summed E-state index contributed by atoms with van der Waals surface area (Å²) in [6.07, 6.45) is 6.54. The summed E-state index contributed by atoms with van der Waals surface area (Å²) >= 11 is 0. The number of hydrogen-bond donors (Lipinski definition) is 4. The minimum absolute atomic E-state index is 0.0547. The number of urea groups is 1. The average molecular weight is 574 g/mol. The lowest BCUT2D eigenvalue weighted by Gasteiger charge is -2.38. The highest BCUT2D eigenvalue weighted by molar-refractivity contribution is 6.38. The number of Topliss-reactive ketones (excluding diaryl/α,β-unsaturated/α-hetero) is 1. The zero-order valence-electron chi connectivity index (χ0n) is 24.9. The van der Waals surface area contributed by atoms with Crippen LogP contribution in [0.25, 0.3) is 0 Å². The number of ether oxygens (including phenoxy) is 1. The molecule has 226 valence electrons. The number of piperidine rings is 1. The average Bonchev–Trinajstić information content (AvgIpc) is 3.74. The van der Waals surface area contributed by atoms with Crippen molar-refractivity contribution in [3.8, 4) is 12.3 Å². The van der Waals surface area contributed by atoms with Gasteiger partial charge in [-0.15, -0.1) is 6.42 Å². The van der Waals surface area contributed by atoms with Crippen LogP contribution in [0.2, 0.25) is 0 Å². The van der Waals surface area contributed by atoms with Crippen molar-refractivity contribution in [1.29, 1.82) is 0 Å². The third kappa shape index (κ3) is 6.82. The molecule has 1 unspecified atom stereocenters. The first-order valence-corrected chi connectivity index (χ1v) is 14.0. The second-order valence-corrected chi connectivity index (χ2v) is 13.4. The maximum Gasteiger partial charge on any atom is 0.329 e. The van der Waals surface area contributed by atoms with Crippen molar-refractivity contribution < 1.29 is 33.5 Å². The molecule has 5 amide bonds. The number of hydrogen-bond acceptors (Lipinski definition) is 7. The van der Waals surface area contributed by atoms with E-state index in [0.29, 0.717) is 19.4 Å². The molecule has 12 heteroatoms. The van der Waals surface area contributed by atoms with Crippen molar-refractivity contribution in [2.45, 2.75) is 85.5 Å². The van der Waals surface area contributed by atoms with Gasteiger partial charge < -0.3 is 31.3 Å². The number of ketones is 1. The number of fused-ring (bicyclic) bond motifs is 1. The number of esters is 1. The molecule has 5 N–H and O–H groups in total. The molecule has 6 atom stereocenters. The lowest BCUT2D eigenvalue weighted by Crippen LogP contribution is -2.62. The Morgan fingerprint density at radius 1 is 1.07 bits per heavy atom. The Bertz CT molecular complexity index is 1150. The van der Waals surface area contributed by atoms with E-state index in [4.69, 9.17) is 16.9 Å². The summed E-state index contributed by atoms with van der Waals surface area (Å²) in [5.41, 5.74) is 4.26. The van der Waals surface area contributed by atoms with Crippen LogP contribution in [-0.4, -0.2) is 77.7 Å². The third-order valence-electron chi connectivity index (χ3n) is 8.57. The smallest absolute Gasteiger partial charge is 0.329 e. The Morgan fingerprint density at radius 2 is 1.68 bits per heavy atom. The standard InChI is InChI=1S/C29H43N5O7/c1-9-12-41-26(39)18(14(2)3)32-27(40)33-22(28(4,5)6)25(38)34-13-16-17(29(16,7)8)20(34)24(37)31-19(15-10-11-15)21(35)23(30)36/h1,14-20,22H,10-13H2,2-8H3,(H2,30,36)(H,31,37)(H2,32,33,40)/t16-,17-,18-,19?,20-,22+/m0/s1. The lowest BCUT2D eigenvalue weighted by atomic mass is 9.85. The molecule has 12 nitrogen and oxygen atoms in total. The highest BCUT2D eigenvalue weighted by atomic mass is 16.5. The Hall–Kier alpha value is -3.62. The number of carbonyl (C=O) groups excluding carboxylic acids is 6. The number of nitrogens with two attached hydrogens (primary N) is 1. The molecule has 2 saturated carbocycles. The fraction of sp³-hybridized carbons (Fsp3) is 0.724. The summed E-state index contributed by atoms with van der Waals surface area (Å²) in [4.78, 5) is 78.7. The predicted octanol–water partition coefficient (Wildman–Crippen LogP) is 0.334. The van der Waals surface area contributed by atoms with Gasteiger partial charge in [0.15, 0.2) is 6.61 Å². The van der Waals surface area contributed by atoms with Gasteiger partial charge in [0.25, 0.3) is 5.91 Å². The minimum atomic E-state index is -1.11. The first-order valence-electron chi connectivity index (χ1n) is 14.0. The van der Waals surface area contributed by atoms with Gasteiger partial charge in [0.1, 0.15) is 24.2 Å². The topological polar surface area (TPSA) is 177 Å². The van der Waals surface area contributed by atoms with Crippen molar-refractivity contribution in [2.24, 2.45) is 40.2 Å². The largest absolute Gasteiger partial charge is 0.451 e. The van der Waals surface area contributed by atoms with Gasteiger partial charge in [0, 0.05) is 6.54 Å². The molecule has 1 aliphatic heterocycles. The van der Waals surface area contributed by atoms with Gasteiger partial charge in [-0.3, -0.25) is 19.2 Å². The predicted molar refractivity (Wildman–Crippen MR) is 148 cm³/mol. The Kier molecular flexibility index (Phi) is 9.11. The molecule has 1 saturated heterocycles. The number of likely N-dealkylation sites (tertiary alicyclic amines) is 1. The van der Waals surface area contributed by atoms with Gasteiger partial charge in [-0.2, -0.15) is 0 Å². The zero-order valence-corrected chi connectivity index (χ0v) is 24.9. The monoisotopic (exact) mass is 573 g/mol. The van der Waals surface area contributed by atoms with Crippen LogP contribution in [0, 0.1) is 46.8 Å². The normalized spacial score (nSPS) is 24.7. The fourth-order valence-corrected chi connectivity index (χ4v) is 5.86. The van der Waals surface area contributed by atoms with E-state index in [1.165, 1.54) is 4.90 Å². The first-order chi connectivity index (χ1) is 18.9. The Labute approximate surface area is 241 Å². The summed E-state index contributed by atoms with van der Waals surface area (Å²) < 4.78 is 4.99. The zero-order chi connectivity index (χ0) is 31.0. The number of rotatable bonds is 11. The van der Waals surface area contributed by atoms with Crippen LogP contribution in [0.15, 0.2) is 0 Å². The summed E-state index contributed by atoms with van der Waals surface area (Å²) in [6, 6.07) is -4.72. The molecule has 2 aliphatic carbocycles. The van der Waals surface area contributed by atoms with Gasteiger partial charge in [-0.25, -0.2) is 9.59 Å². The number of amides is 5. The van der Waals surface area contributed by atoms with Gasteiger partial charge in [0.2, 0.25) is 17.6 Å². The van der Waals surface area contributed by atoms with Gasteiger partial charge in [-0.05, 0) is 47.3 Å². The molecule has 3 fully saturated rings. The number of terminal acetylenes is 1. The summed E-state index contributed by atoms with van der Waals surface area (Å²) in [7, 11) is 0. The number of nitrogens with zero attached hydrogens (tertiary/aromatic N) is 1. The van der Waals surface area contributed by atoms with Crippen LogP contribution < -0.4 is 21.7 Å². The quantitative estimate of drug-likeness (QED) is 0.156. The molecule has 3 rings (SSSR count). The van der Waals surface area contributed by atoms with E-state index in [9.17, 15) is 28.8 Å². The van der Waals surface area contributed by atoms with Crippen LogP contribution in [0.3, 0.4) is 0 Å². The summed E-state index contributed by atoms with van der Waals surface area (Å²) in [6.45, 7) is 12.9. The number of carbonyl (C=O) groups is 6. The fourth-order valence-electron chi connectivity index (χ4n) is 5.86. The van der Waals surface area contributed by atoms with Gasteiger partial charge >= 0.3 is 12.0 Å². The summed E-state index contributed by atoms with van der Waals surface area (Å²) in [5, 5.41) is 8.01. The number of nitrogens with one attached hydrogen (secondary N) is 3. The Balaban J connectivity index is 1.81. The molecule has 0 aromatic heterocycles. The summed E-state index contributed by atoms with van der Waals surface area (Å²) in [5.74, 6) is -2.02. The van der Waals surface area contributed by atoms with Crippen molar-refractivity contribution in [2.75, 3.05) is 13.2 Å². The second-order valence-electron chi connectivity index (χ2n) is 13.4. The van der Waals surface area contributed by atoms with Crippen LogP contribution in [-0.2, 0) is 28.7 Å². The molecular weight excluding hydrogens is 530 g/mol. The molecule has 1 heterocycles. The van der Waals surface area contributed by atoms with Gasteiger partial charge in [0.05, 0.1) is 0 Å². The third-order valence-corrected chi connectivity index (χ3v) is 8.57. The molecule has 3 aliphatic rings. The van der Waals surface area contributed by atoms with Crippen LogP contribution >= 0.6 is 0 Å². The van der Waals surface area contributed by atoms with Crippen molar-refractivity contribution in [3.63, 3.8) is 0 Å². The molecule has 0 spiro atoms. The number of primary amides is 1. The highest BCUT2D eigenvalue weighted by Gasteiger charge is 2.70. The Morgan fingerprint density at radius 3 is 2.17 bits per heavy atom. The van der Waals surface area contributed by atoms with Crippen molar-refractivity contribution in [1.82, 2.24) is 20.9 Å². The van der Waals surface area contributed by atoms with Crippen molar-refractivity contribution >= 4 is 35.5 Å². The van der Waals surface area contributed by atoms with E-state index in [2.05, 4.69) is 21.9 Å². The van der Waals surface area contributed by atoms with E-state index < -0.39 is 65.1 Å². The van der Waals surface area contributed by atoms with E-state index in [0.717, 1.165) is 0 Å². The van der Waals surface area contributed by atoms with Crippen LogP contribution in [0.4, 0.5) is 4.79 Å². The van der Waals surface area contributed by atoms with Crippen LogP contribution in [0.1, 0.15) is 61.3 Å². The second kappa shape index (κ2) is 11.7. The highest BCUT2D eigenvalue weighted by Crippen LogP contribution is 2.65. The molecule has 0 aromatic rings. The van der Waals surface area contributed by atoms with E-state index in [1.54, 1.807) is 34.6 Å².